The number of hydrogen-bond acceptors (Lipinski definition) is 6. The molecule has 0 radical (unpaired) electrons. The number of ether oxygens (including phenoxy) is 2. The van der Waals surface area contributed by atoms with Gasteiger partial charge in [0.05, 0.1) is 26.3 Å². The summed E-state index contributed by atoms with van der Waals surface area (Å²) in [5, 5.41) is 4.81. The van der Waals surface area contributed by atoms with Gasteiger partial charge in [-0.1, -0.05) is 35.0 Å². The predicted molar refractivity (Wildman–Crippen MR) is 99.5 cm³/mol. The van der Waals surface area contributed by atoms with Crippen molar-refractivity contribution in [1.29, 1.82) is 0 Å². The third-order valence-corrected chi connectivity index (χ3v) is 4.29. The standard InChI is InChI=1S/C19H20ClN3O3/c1-23(11-13-6-4-5-7-16(13)20)12-18-21-19(22-26-18)15-9-8-14(24-2)10-17(15)25-3/h4-10H,11-12H2,1-3H3. The topological polar surface area (TPSA) is 60.6 Å². The SMILES string of the molecule is COc1ccc(-c2noc(CN(C)Cc3ccccc3Cl)n2)c(OC)c1. The van der Waals surface area contributed by atoms with Gasteiger partial charge in [0.25, 0.3) is 0 Å². The highest BCUT2D eigenvalue weighted by atomic mass is 35.5. The lowest BCUT2D eigenvalue weighted by molar-refractivity contribution is 0.261. The lowest BCUT2D eigenvalue weighted by Crippen LogP contribution is -2.17. The Labute approximate surface area is 157 Å². The number of aromatic nitrogens is 2. The molecule has 3 aromatic rings. The molecule has 0 aliphatic rings. The first kappa shape index (κ1) is 18.2. The lowest BCUT2D eigenvalue weighted by atomic mass is 10.2. The number of halogens is 1. The molecule has 26 heavy (non-hydrogen) atoms. The molecule has 0 unspecified atom stereocenters. The molecule has 0 N–H and O–H groups in total. The molecule has 0 atom stereocenters. The quantitative estimate of drug-likeness (QED) is 0.623. The van der Waals surface area contributed by atoms with Crippen molar-refractivity contribution in [3.8, 4) is 22.9 Å². The van der Waals surface area contributed by atoms with Gasteiger partial charge in [-0.05, 0) is 30.8 Å². The molecule has 0 spiro atoms. The zero-order chi connectivity index (χ0) is 18.5. The first-order valence-electron chi connectivity index (χ1n) is 8.07. The normalized spacial score (nSPS) is 11.0. The highest BCUT2D eigenvalue weighted by molar-refractivity contribution is 6.31. The second kappa shape index (κ2) is 8.21. The van der Waals surface area contributed by atoms with Crippen LogP contribution in [-0.2, 0) is 13.1 Å². The summed E-state index contributed by atoms with van der Waals surface area (Å²) in [5.74, 6) is 2.33. The predicted octanol–water partition coefficient (Wildman–Crippen LogP) is 4.04. The second-order valence-electron chi connectivity index (χ2n) is 5.84. The van der Waals surface area contributed by atoms with E-state index in [1.165, 1.54) is 0 Å². The summed E-state index contributed by atoms with van der Waals surface area (Å²) in [7, 11) is 5.17. The van der Waals surface area contributed by atoms with Crippen LogP contribution in [0.2, 0.25) is 5.02 Å². The first-order valence-corrected chi connectivity index (χ1v) is 8.45. The molecule has 0 saturated heterocycles. The Balaban J connectivity index is 1.73. The average molecular weight is 374 g/mol. The molecule has 0 aliphatic carbocycles. The van der Waals surface area contributed by atoms with Gasteiger partial charge in [-0.25, -0.2) is 0 Å². The fourth-order valence-corrected chi connectivity index (χ4v) is 2.81. The van der Waals surface area contributed by atoms with Crippen LogP contribution in [0.3, 0.4) is 0 Å². The summed E-state index contributed by atoms with van der Waals surface area (Å²) in [6.07, 6.45) is 0. The molecule has 3 rings (SSSR count). The van der Waals surface area contributed by atoms with Gasteiger partial charge in [0, 0.05) is 17.6 Å². The summed E-state index contributed by atoms with van der Waals surface area (Å²) in [4.78, 5) is 6.53. The zero-order valence-electron chi connectivity index (χ0n) is 14.9. The summed E-state index contributed by atoms with van der Waals surface area (Å²) in [5.41, 5.74) is 1.80. The largest absolute Gasteiger partial charge is 0.497 e. The van der Waals surface area contributed by atoms with E-state index in [2.05, 4.69) is 15.0 Å². The van der Waals surface area contributed by atoms with Crippen LogP contribution in [0.15, 0.2) is 47.0 Å². The van der Waals surface area contributed by atoms with Crippen LogP contribution in [0.1, 0.15) is 11.5 Å². The van der Waals surface area contributed by atoms with Crippen LogP contribution < -0.4 is 9.47 Å². The Morgan fingerprint density at radius 1 is 1.08 bits per heavy atom. The van der Waals surface area contributed by atoms with Crippen molar-refractivity contribution in [2.24, 2.45) is 0 Å². The first-order chi connectivity index (χ1) is 12.6. The minimum absolute atomic E-state index is 0.477. The molecule has 0 bridgehead atoms. The molecule has 0 fully saturated rings. The molecule has 1 aromatic heterocycles. The van der Waals surface area contributed by atoms with Crippen LogP contribution >= 0.6 is 11.6 Å². The number of benzene rings is 2. The fourth-order valence-electron chi connectivity index (χ4n) is 2.62. The van der Waals surface area contributed by atoms with Gasteiger partial charge < -0.3 is 14.0 Å². The van der Waals surface area contributed by atoms with E-state index in [-0.39, 0.29) is 0 Å². The number of methoxy groups -OCH3 is 2. The second-order valence-corrected chi connectivity index (χ2v) is 6.25. The molecule has 136 valence electrons. The molecule has 1 heterocycles. The molecular weight excluding hydrogens is 354 g/mol. The summed E-state index contributed by atoms with van der Waals surface area (Å²) < 4.78 is 16.0. The van der Waals surface area contributed by atoms with E-state index in [0.29, 0.717) is 36.3 Å². The van der Waals surface area contributed by atoms with E-state index < -0.39 is 0 Å². The van der Waals surface area contributed by atoms with Crippen molar-refractivity contribution < 1.29 is 14.0 Å². The van der Waals surface area contributed by atoms with E-state index in [4.69, 9.17) is 25.6 Å². The summed E-state index contributed by atoms with van der Waals surface area (Å²) in [6, 6.07) is 13.2. The van der Waals surface area contributed by atoms with E-state index in [0.717, 1.165) is 16.1 Å². The van der Waals surface area contributed by atoms with Gasteiger partial charge in [0.1, 0.15) is 11.5 Å². The van der Waals surface area contributed by atoms with Crippen LogP contribution in [0.5, 0.6) is 11.5 Å². The number of nitrogens with zero attached hydrogens (tertiary/aromatic N) is 3. The summed E-state index contributed by atoms with van der Waals surface area (Å²) >= 11 is 6.21. The minimum atomic E-state index is 0.477. The van der Waals surface area contributed by atoms with E-state index >= 15 is 0 Å². The molecule has 6 nitrogen and oxygen atoms in total. The monoisotopic (exact) mass is 373 g/mol. The molecule has 2 aromatic carbocycles. The molecular formula is C19H20ClN3O3. The van der Waals surface area contributed by atoms with Crippen molar-refractivity contribution in [1.82, 2.24) is 15.0 Å². The zero-order valence-corrected chi connectivity index (χ0v) is 15.7. The molecule has 7 heteroatoms. The van der Waals surface area contributed by atoms with Crippen LogP contribution in [0.25, 0.3) is 11.4 Å². The third kappa shape index (κ3) is 4.15. The number of rotatable bonds is 7. The van der Waals surface area contributed by atoms with Gasteiger partial charge in [-0.3, -0.25) is 4.90 Å². The van der Waals surface area contributed by atoms with E-state index in [9.17, 15) is 0 Å². The van der Waals surface area contributed by atoms with Crippen molar-refractivity contribution in [2.45, 2.75) is 13.1 Å². The maximum absolute atomic E-state index is 6.21. The minimum Gasteiger partial charge on any atom is -0.497 e. The Morgan fingerprint density at radius 3 is 2.62 bits per heavy atom. The smallest absolute Gasteiger partial charge is 0.241 e. The van der Waals surface area contributed by atoms with Gasteiger partial charge >= 0.3 is 0 Å². The van der Waals surface area contributed by atoms with Gasteiger partial charge in [0.15, 0.2) is 0 Å². The third-order valence-electron chi connectivity index (χ3n) is 3.92. The van der Waals surface area contributed by atoms with Crippen LogP contribution in [0.4, 0.5) is 0 Å². The maximum Gasteiger partial charge on any atom is 0.241 e. The van der Waals surface area contributed by atoms with E-state index in [1.54, 1.807) is 20.3 Å². The van der Waals surface area contributed by atoms with E-state index in [1.807, 2.05) is 43.4 Å². The van der Waals surface area contributed by atoms with Gasteiger partial charge in [-0.2, -0.15) is 4.98 Å². The average Bonchev–Trinajstić information content (AvgIpc) is 3.11. The van der Waals surface area contributed by atoms with Gasteiger partial charge in [-0.15, -0.1) is 0 Å². The Bertz CT molecular complexity index is 882. The fraction of sp³-hybridized carbons (Fsp3) is 0.263. The highest BCUT2D eigenvalue weighted by Gasteiger charge is 2.15. The van der Waals surface area contributed by atoms with Crippen molar-refractivity contribution in [3.05, 3.63) is 58.9 Å². The van der Waals surface area contributed by atoms with Crippen LogP contribution in [-0.4, -0.2) is 36.3 Å². The van der Waals surface area contributed by atoms with Gasteiger partial charge in [0.2, 0.25) is 11.7 Å². The Hall–Kier alpha value is -2.57. The molecule has 0 aliphatic heterocycles. The van der Waals surface area contributed by atoms with Crippen molar-refractivity contribution >= 4 is 11.6 Å². The molecule has 0 amide bonds. The highest BCUT2D eigenvalue weighted by Crippen LogP contribution is 2.31. The summed E-state index contributed by atoms with van der Waals surface area (Å²) in [6.45, 7) is 1.19. The number of hydrogen-bond donors (Lipinski definition) is 0. The van der Waals surface area contributed by atoms with Crippen molar-refractivity contribution in [2.75, 3.05) is 21.3 Å². The lowest BCUT2D eigenvalue weighted by Gasteiger charge is -2.14. The Morgan fingerprint density at radius 2 is 1.88 bits per heavy atom. The van der Waals surface area contributed by atoms with Crippen molar-refractivity contribution in [3.63, 3.8) is 0 Å². The van der Waals surface area contributed by atoms with Crippen LogP contribution in [0, 0.1) is 0 Å². The maximum atomic E-state index is 6.21. The molecule has 0 saturated carbocycles. The Kier molecular flexibility index (Phi) is 5.75.